The molecule has 0 spiro atoms. The third-order valence-electron chi connectivity index (χ3n) is 5.15. The van der Waals surface area contributed by atoms with Crippen LogP contribution in [-0.4, -0.2) is 21.2 Å². The molecule has 1 atom stereocenters. The third-order valence-corrected chi connectivity index (χ3v) is 6.42. The Balaban J connectivity index is 1.62. The molecule has 4 rings (SSSR count). The van der Waals surface area contributed by atoms with Crippen LogP contribution in [0.25, 0.3) is 10.9 Å². The highest BCUT2D eigenvalue weighted by atomic mass is 35.5. The molecule has 1 N–H and O–H groups in total. The van der Waals surface area contributed by atoms with Crippen molar-refractivity contribution in [2.45, 2.75) is 18.1 Å². The molecule has 33 heavy (non-hydrogen) atoms. The molecule has 1 unspecified atom stereocenters. The molecule has 3 aromatic carbocycles. The van der Waals surface area contributed by atoms with E-state index in [2.05, 4.69) is 10.3 Å². The molecule has 0 aliphatic heterocycles. The number of rotatable bonds is 6. The molecule has 0 aliphatic rings. The molecule has 0 saturated heterocycles. The van der Waals surface area contributed by atoms with E-state index in [1.54, 1.807) is 28.8 Å². The number of amides is 1. The lowest BCUT2D eigenvalue weighted by Gasteiger charge is -2.20. The topological polar surface area (TPSA) is 87.8 Å². The molecule has 1 aromatic heterocycles. The average Bonchev–Trinajstić information content (AvgIpc) is 2.83. The van der Waals surface area contributed by atoms with Crippen LogP contribution < -0.4 is 10.9 Å². The summed E-state index contributed by atoms with van der Waals surface area (Å²) in [4.78, 5) is 30.6. The number of nitriles is 1. The lowest BCUT2D eigenvalue weighted by Crippen LogP contribution is -2.27. The van der Waals surface area contributed by atoms with Gasteiger partial charge in [0, 0.05) is 5.69 Å². The van der Waals surface area contributed by atoms with Gasteiger partial charge in [0.1, 0.15) is 6.07 Å². The molecule has 0 radical (unpaired) electrons. The van der Waals surface area contributed by atoms with Gasteiger partial charge >= 0.3 is 0 Å². The standard InChI is InChI=1S/C25H19ClN4O2S/c1-16(17-7-3-2-4-8-17)30-24(32)20-9-5-6-10-22(20)29-25(30)33-15-23(31)28-19-12-11-18(14-27)21(26)13-19/h2-13,16H,15H2,1H3,(H,28,31). The fraction of sp³-hybridized carbons (Fsp3) is 0.120. The Labute approximate surface area is 199 Å². The van der Waals surface area contributed by atoms with Crippen molar-refractivity contribution in [1.29, 1.82) is 5.26 Å². The first kappa shape index (κ1) is 22.6. The van der Waals surface area contributed by atoms with Gasteiger partial charge in [-0.1, -0.05) is 65.8 Å². The Hall–Kier alpha value is -3.60. The van der Waals surface area contributed by atoms with Crippen molar-refractivity contribution in [2.75, 3.05) is 11.1 Å². The first-order chi connectivity index (χ1) is 16.0. The number of thioether (sulfide) groups is 1. The van der Waals surface area contributed by atoms with E-state index in [0.717, 1.165) is 5.56 Å². The molecule has 0 fully saturated rings. The van der Waals surface area contributed by atoms with Crippen LogP contribution in [0.3, 0.4) is 0 Å². The largest absolute Gasteiger partial charge is 0.325 e. The third kappa shape index (κ3) is 4.92. The highest BCUT2D eigenvalue weighted by molar-refractivity contribution is 7.99. The van der Waals surface area contributed by atoms with Crippen molar-refractivity contribution in [1.82, 2.24) is 9.55 Å². The normalized spacial score (nSPS) is 11.7. The van der Waals surface area contributed by atoms with Crippen LogP contribution in [0.15, 0.2) is 82.7 Å². The quantitative estimate of drug-likeness (QED) is 0.304. The van der Waals surface area contributed by atoms with E-state index in [-0.39, 0.29) is 28.3 Å². The molecular formula is C25H19ClN4O2S. The minimum absolute atomic E-state index is 0.0455. The number of anilines is 1. The van der Waals surface area contributed by atoms with Crippen LogP contribution in [0, 0.1) is 11.3 Å². The number of carbonyl (C=O) groups is 1. The minimum Gasteiger partial charge on any atom is -0.325 e. The lowest BCUT2D eigenvalue weighted by atomic mass is 10.1. The molecule has 0 saturated carbocycles. The minimum atomic E-state index is -0.276. The SMILES string of the molecule is CC(c1ccccc1)n1c(SCC(=O)Nc2ccc(C#N)c(Cl)c2)nc2ccccc2c1=O. The van der Waals surface area contributed by atoms with Crippen LogP contribution in [0.5, 0.6) is 0 Å². The van der Waals surface area contributed by atoms with Gasteiger partial charge in [0.05, 0.1) is 33.3 Å². The lowest BCUT2D eigenvalue weighted by molar-refractivity contribution is -0.113. The van der Waals surface area contributed by atoms with E-state index in [1.165, 1.54) is 17.8 Å². The maximum absolute atomic E-state index is 13.4. The van der Waals surface area contributed by atoms with Crippen LogP contribution in [0.2, 0.25) is 5.02 Å². The molecule has 4 aromatic rings. The summed E-state index contributed by atoms with van der Waals surface area (Å²) in [5.41, 5.74) is 2.23. The number of aromatic nitrogens is 2. The second-order valence-electron chi connectivity index (χ2n) is 7.32. The summed E-state index contributed by atoms with van der Waals surface area (Å²) in [6, 6.07) is 23.3. The number of carbonyl (C=O) groups excluding carboxylic acids is 1. The van der Waals surface area contributed by atoms with E-state index in [0.29, 0.717) is 27.3 Å². The summed E-state index contributed by atoms with van der Waals surface area (Å²) in [6.45, 7) is 1.94. The Bertz CT molecular complexity index is 1430. The fourth-order valence-corrected chi connectivity index (χ4v) is 4.56. The first-order valence-electron chi connectivity index (χ1n) is 10.2. The number of nitrogens with one attached hydrogen (secondary N) is 1. The summed E-state index contributed by atoms with van der Waals surface area (Å²) in [5.74, 6) is -0.230. The van der Waals surface area contributed by atoms with Crippen molar-refractivity contribution in [3.05, 3.63) is 99.3 Å². The van der Waals surface area contributed by atoms with Crippen molar-refractivity contribution >= 4 is 45.9 Å². The molecule has 164 valence electrons. The Morgan fingerprint density at radius 3 is 2.61 bits per heavy atom. The predicted molar refractivity (Wildman–Crippen MR) is 132 cm³/mol. The summed E-state index contributed by atoms with van der Waals surface area (Å²) in [6.07, 6.45) is 0. The molecule has 0 aliphatic carbocycles. The van der Waals surface area contributed by atoms with E-state index in [9.17, 15) is 9.59 Å². The first-order valence-corrected chi connectivity index (χ1v) is 11.5. The maximum atomic E-state index is 13.4. The highest BCUT2D eigenvalue weighted by Gasteiger charge is 2.19. The van der Waals surface area contributed by atoms with Gasteiger partial charge in [-0.25, -0.2) is 4.98 Å². The fourth-order valence-electron chi connectivity index (χ4n) is 3.46. The number of nitrogens with zero attached hydrogens (tertiary/aromatic N) is 3. The van der Waals surface area contributed by atoms with Gasteiger partial charge < -0.3 is 5.32 Å². The van der Waals surface area contributed by atoms with E-state index < -0.39 is 0 Å². The number of halogens is 1. The number of hydrogen-bond acceptors (Lipinski definition) is 5. The summed E-state index contributed by atoms with van der Waals surface area (Å²) in [5, 5.41) is 13.0. The summed E-state index contributed by atoms with van der Waals surface area (Å²) >= 11 is 7.24. The average molecular weight is 475 g/mol. The van der Waals surface area contributed by atoms with Crippen LogP contribution in [0.4, 0.5) is 5.69 Å². The molecule has 6 nitrogen and oxygen atoms in total. The summed E-state index contributed by atoms with van der Waals surface area (Å²) in [7, 11) is 0. The summed E-state index contributed by atoms with van der Waals surface area (Å²) < 4.78 is 1.63. The Morgan fingerprint density at radius 1 is 1.15 bits per heavy atom. The number of fused-ring (bicyclic) bond motifs is 1. The van der Waals surface area contributed by atoms with Crippen molar-refractivity contribution < 1.29 is 4.79 Å². The second kappa shape index (κ2) is 9.90. The van der Waals surface area contributed by atoms with Crippen molar-refractivity contribution in [2.24, 2.45) is 0 Å². The Morgan fingerprint density at radius 2 is 1.88 bits per heavy atom. The van der Waals surface area contributed by atoms with Gasteiger partial charge in [-0.15, -0.1) is 0 Å². The van der Waals surface area contributed by atoms with E-state index >= 15 is 0 Å². The van der Waals surface area contributed by atoms with E-state index in [4.69, 9.17) is 16.9 Å². The van der Waals surface area contributed by atoms with Gasteiger partial charge in [-0.05, 0) is 42.8 Å². The van der Waals surface area contributed by atoms with Crippen molar-refractivity contribution in [3.63, 3.8) is 0 Å². The molecule has 8 heteroatoms. The van der Waals surface area contributed by atoms with Gasteiger partial charge in [-0.2, -0.15) is 5.26 Å². The number of benzene rings is 3. The highest BCUT2D eigenvalue weighted by Crippen LogP contribution is 2.25. The molecule has 0 bridgehead atoms. The zero-order valence-electron chi connectivity index (χ0n) is 17.7. The van der Waals surface area contributed by atoms with Gasteiger partial charge in [0.25, 0.3) is 5.56 Å². The van der Waals surface area contributed by atoms with Crippen LogP contribution in [-0.2, 0) is 4.79 Å². The number of para-hydroxylation sites is 1. The van der Waals surface area contributed by atoms with Gasteiger partial charge in [-0.3, -0.25) is 14.2 Å². The maximum Gasteiger partial charge on any atom is 0.262 e. The molecule has 1 amide bonds. The van der Waals surface area contributed by atoms with Gasteiger partial charge in [0.2, 0.25) is 5.91 Å². The monoisotopic (exact) mass is 474 g/mol. The number of hydrogen-bond donors (Lipinski definition) is 1. The zero-order chi connectivity index (χ0) is 23.4. The van der Waals surface area contributed by atoms with Crippen LogP contribution >= 0.6 is 23.4 Å². The predicted octanol–water partition coefficient (Wildman–Crippen LogP) is 5.26. The van der Waals surface area contributed by atoms with E-state index in [1.807, 2.05) is 55.5 Å². The van der Waals surface area contributed by atoms with Gasteiger partial charge in [0.15, 0.2) is 5.16 Å². The van der Waals surface area contributed by atoms with Crippen molar-refractivity contribution in [3.8, 4) is 6.07 Å². The zero-order valence-corrected chi connectivity index (χ0v) is 19.2. The smallest absolute Gasteiger partial charge is 0.262 e. The molecular weight excluding hydrogens is 456 g/mol. The Kier molecular flexibility index (Phi) is 6.78. The van der Waals surface area contributed by atoms with Crippen LogP contribution in [0.1, 0.15) is 24.1 Å². The molecule has 1 heterocycles. The second-order valence-corrected chi connectivity index (χ2v) is 8.67.